The van der Waals surface area contributed by atoms with Gasteiger partial charge in [-0.25, -0.2) is 9.48 Å². The molecular weight excluding hydrogens is 384 g/mol. The van der Waals surface area contributed by atoms with Gasteiger partial charge in [0.05, 0.1) is 17.4 Å². The maximum absolute atomic E-state index is 11.2. The number of allylic oxidation sites excluding steroid dienone is 1. The average molecular weight is 409 g/mol. The molecule has 1 heterocycles. The van der Waals surface area contributed by atoms with E-state index >= 15 is 0 Å². The standard InChI is InChI=1S/C27H24N2O2/c1-3-24(21-9-5-4-6-10-21)26(29-25-12-8-7-11-23(25)18-28-29)22-15-13-20(14-16-22)17-19(2)27(30)31/h4-18H,3H2,1-2H3,(H,30,31)/b19-17+,26-24+. The van der Waals surface area contributed by atoms with Gasteiger partial charge in [0, 0.05) is 16.5 Å². The van der Waals surface area contributed by atoms with Crippen molar-refractivity contribution >= 4 is 34.2 Å². The van der Waals surface area contributed by atoms with Crippen molar-refractivity contribution in [2.24, 2.45) is 0 Å². The van der Waals surface area contributed by atoms with E-state index in [1.165, 1.54) is 5.57 Å². The van der Waals surface area contributed by atoms with E-state index < -0.39 is 5.97 Å². The van der Waals surface area contributed by atoms with E-state index in [-0.39, 0.29) is 0 Å². The summed E-state index contributed by atoms with van der Waals surface area (Å²) in [5, 5.41) is 15.0. The van der Waals surface area contributed by atoms with Crippen LogP contribution in [0.1, 0.15) is 37.0 Å². The Kier molecular flexibility index (Phi) is 5.80. The molecule has 4 heteroatoms. The summed E-state index contributed by atoms with van der Waals surface area (Å²) in [6, 6.07) is 26.5. The van der Waals surface area contributed by atoms with E-state index in [0.717, 1.165) is 39.7 Å². The van der Waals surface area contributed by atoms with E-state index in [9.17, 15) is 4.79 Å². The van der Waals surface area contributed by atoms with Crippen LogP contribution in [0, 0.1) is 0 Å². The first kappa shape index (κ1) is 20.4. The highest BCUT2D eigenvalue weighted by Crippen LogP contribution is 2.32. The number of aliphatic carboxylic acids is 1. The van der Waals surface area contributed by atoms with Gasteiger partial charge in [-0.2, -0.15) is 5.10 Å². The first-order valence-corrected chi connectivity index (χ1v) is 10.3. The van der Waals surface area contributed by atoms with Gasteiger partial charge in [-0.05, 0) is 42.2 Å². The Bertz CT molecular complexity index is 1280. The molecule has 0 fully saturated rings. The molecule has 0 saturated heterocycles. The molecule has 0 unspecified atom stereocenters. The number of hydrogen-bond donors (Lipinski definition) is 1. The highest BCUT2D eigenvalue weighted by molar-refractivity contribution is 5.95. The van der Waals surface area contributed by atoms with Gasteiger partial charge >= 0.3 is 5.97 Å². The van der Waals surface area contributed by atoms with E-state index in [2.05, 4.69) is 31.2 Å². The molecule has 1 aromatic heterocycles. The minimum atomic E-state index is -0.912. The molecule has 1 N–H and O–H groups in total. The first-order chi connectivity index (χ1) is 15.1. The van der Waals surface area contributed by atoms with Gasteiger partial charge in [-0.1, -0.05) is 79.7 Å². The third-order valence-corrected chi connectivity index (χ3v) is 5.36. The maximum atomic E-state index is 11.2. The molecule has 0 amide bonds. The Hall–Kier alpha value is -3.92. The SMILES string of the molecule is CC/C(=C(/c1ccc(/C=C(\C)C(=O)O)cc1)n1ncc2ccccc21)c1ccccc1. The van der Waals surface area contributed by atoms with Gasteiger partial charge in [0.25, 0.3) is 0 Å². The highest BCUT2D eigenvalue weighted by atomic mass is 16.4. The Morgan fingerprint density at radius 3 is 2.29 bits per heavy atom. The molecule has 31 heavy (non-hydrogen) atoms. The number of fused-ring (bicyclic) bond motifs is 1. The number of rotatable bonds is 6. The molecule has 0 atom stereocenters. The molecule has 0 spiro atoms. The van der Waals surface area contributed by atoms with E-state index in [1.54, 1.807) is 13.0 Å². The van der Waals surface area contributed by atoms with Crippen LogP contribution in [0.3, 0.4) is 0 Å². The molecule has 4 aromatic rings. The zero-order valence-electron chi connectivity index (χ0n) is 17.6. The van der Waals surface area contributed by atoms with Gasteiger partial charge in [0.15, 0.2) is 0 Å². The molecule has 0 aliphatic heterocycles. The lowest BCUT2D eigenvalue weighted by Gasteiger charge is -2.17. The summed E-state index contributed by atoms with van der Waals surface area (Å²) < 4.78 is 2.01. The van der Waals surface area contributed by atoms with Crippen LogP contribution in [0.5, 0.6) is 0 Å². The third-order valence-electron chi connectivity index (χ3n) is 5.36. The van der Waals surface area contributed by atoms with Gasteiger partial charge < -0.3 is 5.11 Å². The van der Waals surface area contributed by atoms with Crippen molar-refractivity contribution in [2.45, 2.75) is 20.3 Å². The number of hydrogen-bond acceptors (Lipinski definition) is 2. The zero-order chi connectivity index (χ0) is 21.8. The summed E-state index contributed by atoms with van der Waals surface area (Å²) >= 11 is 0. The molecule has 0 aliphatic carbocycles. The van der Waals surface area contributed by atoms with Crippen LogP contribution < -0.4 is 0 Å². The van der Waals surface area contributed by atoms with Crippen LogP contribution in [0.25, 0.3) is 28.2 Å². The van der Waals surface area contributed by atoms with Crippen LogP contribution >= 0.6 is 0 Å². The second-order valence-corrected chi connectivity index (χ2v) is 7.42. The molecule has 3 aromatic carbocycles. The summed E-state index contributed by atoms with van der Waals surface area (Å²) in [4.78, 5) is 11.2. The predicted molar refractivity (Wildman–Crippen MR) is 126 cm³/mol. The quantitative estimate of drug-likeness (QED) is 0.299. The maximum Gasteiger partial charge on any atom is 0.331 e. The number of carboxylic acids is 1. The largest absolute Gasteiger partial charge is 0.478 e. The minimum absolute atomic E-state index is 0.306. The Morgan fingerprint density at radius 1 is 0.935 bits per heavy atom. The monoisotopic (exact) mass is 408 g/mol. The Balaban J connectivity index is 1.93. The van der Waals surface area contributed by atoms with Crippen molar-refractivity contribution < 1.29 is 9.90 Å². The van der Waals surface area contributed by atoms with Crippen molar-refractivity contribution in [2.75, 3.05) is 0 Å². The molecular formula is C27H24N2O2. The number of carbonyl (C=O) groups is 1. The van der Waals surface area contributed by atoms with Gasteiger partial charge in [-0.15, -0.1) is 0 Å². The summed E-state index contributed by atoms with van der Waals surface area (Å²) in [6.07, 6.45) is 4.41. The van der Waals surface area contributed by atoms with Crippen LogP contribution in [0.2, 0.25) is 0 Å². The molecule has 0 bridgehead atoms. The van der Waals surface area contributed by atoms with Gasteiger partial charge in [0.1, 0.15) is 0 Å². The number of para-hydroxylation sites is 1. The van der Waals surface area contributed by atoms with Crippen LogP contribution in [0.15, 0.2) is 90.6 Å². The molecule has 0 saturated carbocycles. The molecule has 0 aliphatic rings. The average Bonchev–Trinajstić information content (AvgIpc) is 3.22. The topological polar surface area (TPSA) is 55.1 Å². The van der Waals surface area contributed by atoms with Crippen molar-refractivity contribution in [3.63, 3.8) is 0 Å². The van der Waals surface area contributed by atoms with Crippen molar-refractivity contribution in [3.05, 3.63) is 107 Å². The summed E-state index contributed by atoms with van der Waals surface area (Å²) in [7, 11) is 0. The first-order valence-electron chi connectivity index (χ1n) is 10.3. The van der Waals surface area contributed by atoms with E-state index in [0.29, 0.717) is 5.57 Å². The number of aromatic nitrogens is 2. The smallest absolute Gasteiger partial charge is 0.331 e. The Labute approximate surface area is 181 Å². The number of benzene rings is 3. The lowest BCUT2D eigenvalue weighted by atomic mass is 9.96. The molecule has 0 radical (unpaired) electrons. The van der Waals surface area contributed by atoms with Crippen LogP contribution in [-0.2, 0) is 4.79 Å². The van der Waals surface area contributed by atoms with Crippen LogP contribution in [-0.4, -0.2) is 20.9 Å². The molecule has 4 rings (SSSR count). The zero-order valence-corrected chi connectivity index (χ0v) is 17.6. The third kappa shape index (κ3) is 4.19. The van der Waals surface area contributed by atoms with Crippen molar-refractivity contribution in [1.29, 1.82) is 0 Å². The fourth-order valence-electron chi connectivity index (χ4n) is 3.77. The molecule has 4 nitrogen and oxygen atoms in total. The summed E-state index contributed by atoms with van der Waals surface area (Å²) in [5.74, 6) is -0.912. The fourth-order valence-corrected chi connectivity index (χ4v) is 3.77. The van der Waals surface area contributed by atoms with E-state index in [1.807, 2.05) is 65.5 Å². The minimum Gasteiger partial charge on any atom is -0.478 e. The second-order valence-electron chi connectivity index (χ2n) is 7.42. The summed E-state index contributed by atoms with van der Waals surface area (Å²) in [5.41, 5.74) is 6.61. The normalized spacial score (nSPS) is 12.6. The number of carboxylic acid groups (broad SMARTS) is 1. The fraction of sp³-hybridized carbons (Fsp3) is 0.111. The van der Waals surface area contributed by atoms with E-state index in [4.69, 9.17) is 10.2 Å². The lowest BCUT2D eigenvalue weighted by molar-refractivity contribution is -0.132. The predicted octanol–water partition coefficient (Wildman–Crippen LogP) is 6.35. The summed E-state index contributed by atoms with van der Waals surface area (Å²) in [6.45, 7) is 3.75. The number of nitrogens with zero attached hydrogens (tertiary/aromatic N) is 2. The highest BCUT2D eigenvalue weighted by Gasteiger charge is 2.16. The van der Waals surface area contributed by atoms with Crippen molar-refractivity contribution in [3.8, 4) is 0 Å². The van der Waals surface area contributed by atoms with Gasteiger partial charge in [-0.3, -0.25) is 0 Å². The lowest BCUT2D eigenvalue weighted by Crippen LogP contribution is -2.05. The van der Waals surface area contributed by atoms with Gasteiger partial charge in [0.2, 0.25) is 0 Å². The second kappa shape index (κ2) is 8.84. The molecule has 154 valence electrons. The van der Waals surface area contributed by atoms with Crippen molar-refractivity contribution in [1.82, 2.24) is 9.78 Å². The van der Waals surface area contributed by atoms with Crippen LogP contribution in [0.4, 0.5) is 0 Å². The Morgan fingerprint density at radius 2 is 1.61 bits per heavy atom.